The summed E-state index contributed by atoms with van der Waals surface area (Å²) >= 11 is 6.16. The maximum atomic E-state index is 11.9. The minimum atomic E-state index is -1.13. The van der Waals surface area contributed by atoms with Crippen molar-refractivity contribution in [3.63, 3.8) is 0 Å². The molecule has 0 saturated carbocycles. The molecule has 0 saturated heterocycles. The van der Waals surface area contributed by atoms with E-state index in [0.29, 0.717) is 17.9 Å². The number of amides is 2. The first-order chi connectivity index (χ1) is 13.4. The molecule has 0 unspecified atom stereocenters. The molecule has 0 fully saturated rings. The van der Waals surface area contributed by atoms with Gasteiger partial charge in [0.1, 0.15) is 0 Å². The predicted molar refractivity (Wildman–Crippen MR) is 107 cm³/mol. The van der Waals surface area contributed by atoms with Crippen LogP contribution in [0.25, 0.3) is 0 Å². The number of carbonyl (C=O) groups excluding carboxylic acids is 1. The van der Waals surface area contributed by atoms with E-state index < -0.39 is 18.6 Å². The van der Waals surface area contributed by atoms with Crippen LogP contribution in [0.2, 0.25) is 5.02 Å². The summed E-state index contributed by atoms with van der Waals surface area (Å²) in [5.74, 6) is -0.719. The number of nitrogens with zero attached hydrogens (tertiary/aromatic N) is 1. The average molecular weight is 406 g/mol. The molecule has 148 valence electrons. The van der Waals surface area contributed by atoms with Gasteiger partial charge < -0.3 is 19.9 Å². The number of aryl methyl sites for hydroxylation is 1. The van der Waals surface area contributed by atoms with Gasteiger partial charge in [-0.15, -0.1) is 0 Å². The summed E-state index contributed by atoms with van der Waals surface area (Å²) in [5.41, 5.74) is 4.49. The van der Waals surface area contributed by atoms with Crippen LogP contribution in [0.3, 0.4) is 0 Å². The summed E-state index contributed by atoms with van der Waals surface area (Å²) in [7, 11) is 0. The van der Waals surface area contributed by atoms with Crippen LogP contribution in [0, 0.1) is 6.92 Å². The number of ether oxygens (including phenoxy) is 2. The summed E-state index contributed by atoms with van der Waals surface area (Å²) in [6.07, 6.45) is 1.38. The Balaban J connectivity index is 2.07. The van der Waals surface area contributed by atoms with Gasteiger partial charge in [-0.3, -0.25) is 0 Å². The number of hydrogen-bond donors (Lipinski definition) is 3. The number of carboxylic acids is 1. The molecule has 28 heavy (non-hydrogen) atoms. The molecular weight excluding hydrogens is 386 g/mol. The van der Waals surface area contributed by atoms with E-state index in [1.54, 1.807) is 19.1 Å². The standard InChI is InChI=1S/C19H20ClN3O5/c1-3-27-16-9-13(8-14(20)18(16)28-11-17(24)25)10-21-23-19(26)22-15-7-5-4-6-12(15)2/h4-10H,3,11H2,1-2H3,(H,24,25)(H2,22,23,26). The summed E-state index contributed by atoms with van der Waals surface area (Å²) in [4.78, 5) is 22.6. The molecular formula is C19H20ClN3O5. The summed E-state index contributed by atoms with van der Waals surface area (Å²) in [6.45, 7) is 3.43. The maximum Gasteiger partial charge on any atom is 0.341 e. The highest BCUT2D eigenvalue weighted by atomic mass is 35.5. The van der Waals surface area contributed by atoms with Gasteiger partial charge in [0.15, 0.2) is 18.1 Å². The molecule has 3 N–H and O–H groups in total. The number of aliphatic carboxylic acids is 1. The van der Waals surface area contributed by atoms with E-state index >= 15 is 0 Å². The highest BCUT2D eigenvalue weighted by Gasteiger charge is 2.13. The molecule has 2 aromatic rings. The highest BCUT2D eigenvalue weighted by molar-refractivity contribution is 6.32. The third-order valence-corrected chi connectivity index (χ3v) is 3.73. The Labute approximate surface area is 167 Å². The van der Waals surface area contributed by atoms with Crippen molar-refractivity contribution < 1.29 is 24.2 Å². The van der Waals surface area contributed by atoms with Gasteiger partial charge in [-0.1, -0.05) is 29.8 Å². The number of rotatable bonds is 8. The largest absolute Gasteiger partial charge is 0.490 e. The fraction of sp³-hybridized carbons (Fsp3) is 0.211. The molecule has 0 aromatic heterocycles. The number of carboxylic acid groups (broad SMARTS) is 1. The van der Waals surface area contributed by atoms with Crippen molar-refractivity contribution in [2.45, 2.75) is 13.8 Å². The van der Waals surface area contributed by atoms with Gasteiger partial charge in [-0.2, -0.15) is 5.10 Å². The van der Waals surface area contributed by atoms with Gasteiger partial charge in [-0.05, 0) is 43.2 Å². The molecule has 2 aromatic carbocycles. The Morgan fingerprint density at radius 1 is 1.25 bits per heavy atom. The summed E-state index contributed by atoms with van der Waals surface area (Å²) in [5, 5.41) is 15.5. The van der Waals surface area contributed by atoms with Crippen LogP contribution >= 0.6 is 11.6 Å². The highest BCUT2D eigenvalue weighted by Crippen LogP contribution is 2.36. The van der Waals surface area contributed by atoms with E-state index in [9.17, 15) is 9.59 Å². The number of para-hydroxylation sites is 1. The molecule has 0 atom stereocenters. The van der Waals surface area contributed by atoms with Gasteiger partial charge in [-0.25, -0.2) is 15.0 Å². The number of nitrogens with one attached hydrogen (secondary N) is 2. The van der Waals surface area contributed by atoms with Gasteiger partial charge in [0.2, 0.25) is 0 Å². The van der Waals surface area contributed by atoms with Crippen molar-refractivity contribution in [1.82, 2.24) is 5.43 Å². The van der Waals surface area contributed by atoms with Crippen LogP contribution in [0.4, 0.5) is 10.5 Å². The van der Waals surface area contributed by atoms with Crippen LogP contribution in [-0.2, 0) is 4.79 Å². The molecule has 0 aliphatic carbocycles. The van der Waals surface area contributed by atoms with E-state index in [4.69, 9.17) is 26.2 Å². The van der Waals surface area contributed by atoms with E-state index in [0.717, 1.165) is 5.56 Å². The molecule has 0 aliphatic rings. The third-order valence-electron chi connectivity index (χ3n) is 3.44. The molecule has 2 amide bonds. The van der Waals surface area contributed by atoms with Gasteiger partial charge in [0.25, 0.3) is 0 Å². The lowest BCUT2D eigenvalue weighted by atomic mass is 10.2. The smallest absolute Gasteiger partial charge is 0.341 e. The third kappa shape index (κ3) is 6.17. The van der Waals surface area contributed by atoms with Gasteiger partial charge >= 0.3 is 12.0 Å². The zero-order valence-corrected chi connectivity index (χ0v) is 16.1. The van der Waals surface area contributed by atoms with Crippen molar-refractivity contribution in [3.8, 4) is 11.5 Å². The zero-order valence-electron chi connectivity index (χ0n) is 15.4. The molecule has 0 bridgehead atoms. The Morgan fingerprint density at radius 2 is 2.00 bits per heavy atom. The quantitative estimate of drug-likeness (QED) is 0.458. The summed E-state index contributed by atoms with van der Waals surface area (Å²) < 4.78 is 10.6. The molecule has 2 rings (SSSR count). The number of halogens is 1. The Kier molecular flexibility index (Phi) is 7.65. The number of urea groups is 1. The van der Waals surface area contributed by atoms with E-state index in [-0.39, 0.29) is 16.5 Å². The lowest BCUT2D eigenvalue weighted by Crippen LogP contribution is -2.24. The lowest BCUT2D eigenvalue weighted by molar-refractivity contribution is -0.139. The van der Waals surface area contributed by atoms with Crippen LogP contribution in [0.15, 0.2) is 41.5 Å². The van der Waals surface area contributed by atoms with Gasteiger partial charge in [0.05, 0.1) is 17.8 Å². The first kappa shape index (κ1) is 21.0. The Morgan fingerprint density at radius 3 is 2.68 bits per heavy atom. The first-order valence-electron chi connectivity index (χ1n) is 8.37. The number of anilines is 1. The molecule has 8 nitrogen and oxygen atoms in total. The monoisotopic (exact) mass is 405 g/mol. The van der Waals surface area contributed by atoms with Crippen LogP contribution in [0.1, 0.15) is 18.1 Å². The minimum absolute atomic E-state index is 0.133. The molecule has 0 aliphatic heterocycles. The van der Waals surface area contributed by atoms with E-state index in [1.165, 1.54) is 12.3 Å². The summed E-state index contributed by atoms with van der Waals surface area (Å²) in [6, 6.07) is 9.95. The van der Waals surface area contributed by atoms with Crippen LogP contribution in [-0.4, -0.2) is 36.5 Å². The number of hydrogen-bond acceptors (Lipinski definition) is 5. The van der Waals surface area contributed by atoms with E-state index in [2.05, 4.69) is 15.8 Å². The second kappa shape index (κ2) is 10.2. The maximum absolute atomic E-state index is 11.9. The Bertz CT molecular complexity index is 886. The van der Waals surface area contributed by atoms with Crippen molar-refractivity contribution in [2.24, 2.45) is 5.10 Å². The number of hydrazone groups is 1. The zero-order chi connectivity index (χ0) is 20.5. The van der Waals surface area contributed by atoms with Crippen LogP contribution < -0.4 is 20.2 Å². The predicted octanol–water partition coefficient (Wildman–Crippen LogP) is 3.67. The average Bonchev–Trinajstić information content (AvgIpc) is 2.63. The van der Waals surface area contributed by atoms with Crippen molar-refractivity contribution in [3.05, 3.63) is 52.5 Å². The SMILES string of the molecule is CCOc1cc(C=NNC(=O)Nc2ccccc2C)cc(Cl)c1OCC(=O)O. The van der Waals surface area contributed by atoms with Crippen molar-refractivity contribution in [1.29, 1.82) is 0 Å². The number of carbonyl (C=O) groups is 2. The second-order valence-electron chi connectivity index (χ2n) is 5.58. The molecule has 9 heteroatoms. The number of benzene rings is 2. The van der Waals surface area contributed by atoms with Gasteiger partial charge in [0, 0.05) is 5.69 Å². The first-order valence-corrected chi connectivity index (χ1v) is 8.75. The second-order valence-corrected chi connectivity index (χ2v) is 5.99. The minimum Gasteiger partial charge on any atom is -0.490 e. The Hall–Kier alpha value is -3.26. The van der Waals surface area contributed by atoms with Crippen molar-refractivity contribution >= 4 is 35.5 Å². The molecule has 0 radical (unpaired) electrons. The van der Waals surface area contributed by atoms with Crippen molar-refractivity contribution in [2.75, 3.05) is 18.5 Å². The topological polar surface area (TPSA) is 109 Å². The lowest BCUT2D eigenvalue weighted by Gasteiger charge is -2.13. The molecule has 0 spiro atoms. The van der Waals surface area contributed by atoms with E-state index in [1.807, 2.05) is 25.1 Å². The van der Waals surface area contributed by atoms with Crippen LogP contribution in [0.5, 0.6) is 11.5 Å². The fourth-order valence-electron chi connectivity index (χ4n) is 2.23. The molecule has 0 heterocycles. The normalized spacial score (nSPS) is 10.5. The fourth-order valence-corrected chi connectivity index (χ4v) is 2.50.